The van der Waals surface area contributed by atoms with E-state index in [2.05, 4.69) is 0 Å². The number of piperazine rings is 1. The van der Waals surface area contributed by atoms with Crippen LogP contribution in [0.1, 0.15) is 17.7 Å². The van der Waals surface area contributed by atoms with E-state index in [4.69, 9.17) is 4.74 Å². The number of hydrogen-bond acceptors (Lipinski definition) is 4. The fourth-order valence-electron chi connectivity index (χ4n) is 3.63. The first kappa shape index (κ1) is 19.8. The minimum absolute atomic E-state index is 0.0457. The molecule has 2 amide bonds. The fourth-order valence-corrected chi connectivity index (χ4v) is 4.57. The van der Waals surface area contributed by atoms with Crippen LogP contribution in [0.5, 0.6) is 0 Å². The molecule has 2 aliphatic heterocycles. The number of ether oxygens (including phenoxy) is 1. The average molecular weight is 415 g/mol. The highest BCUT2D eigenvalue weighted by molar-refractivity contribution is 7.16. The van der Waals surface area contributed by atoms with Gasteiger partial charge < -0.3 is 14.5 Å². The van der Waals surface area contributed by atoms with Gasteiger partial charge in [0.1, 0.15) is 11.9 Å². The summed E-state index contributed by atoms with van der Waals surface area (Å²) in [4.78, 5) is 30.1. The van der Waals surface area contributed by atoms with Gasteiger partial charge >= 0.3 is 0 Å². The Balaban J connectivity index is 1.31. The number of carbonyl (C=O) groups excluding carboxylic acids is 2. The fraction of sp³-hybridized carbons (Fsp3) is 0.364. The molecule has 2 fully saturated rings. The van der Waals surface area contributed by atoms with Crippen LogP contribution in [0.4, 0.5) is 4.39 Å². The van der Waals surface area contributed by atoms with Gasteiger partial charge in [0, 0.05) is 54.2 Å². The maximum Gasteiger partial charge on any atom is 0.251 e. The van der Waals surface area contributed by atoms with Crippen LogP contribution in [-0.2, 0) is 14.3 Å². The number of rotatable bonds is 4. The summed E-state index contributed by atoms with van der Waals surface area (Å²) in [6.45, 7) is 2.77. The van der Waals surface area contributed by atoms with Crippen LogP contribution >= 0.6 is 11.3 Å². The number of amides is 2. The van der Waals surface area contributed by atoms with Gasteiger partial charge in [-0.05, 0) is 37.1 Å². The summed E-state index contributed by atoms with van der Waals surface area (Å²) in [5, 5.41) is 0. The lowest BCUT2D eigenvalue weighted by molar-refractivity contribution is -0.144. The maximum atomic E-state index is 13.9. The third-order valence-electron chi connectivity index (χ3n) is 5.26. The molecule has 1 aromatic carbocycles. The number of benzene rings is 1. The molecule has 152 valence electrons. The van der Waals surface area contributed by atoms with E-state index in [1.165, 1.54) is 17.4 Å². The molecular formula is C22H23FN2O3S. The van der Waals surface area contributed by atoms with Crippen molar-refractivity contribution < 1.29 is 18.7 Å². The van der Waals surface area contributed by atoms with Gasteiger partial charge in [0.15, 0.2) is 0 Å². The second-order valence-corrected chi connectivity index (χ2v) is 8.28. The largest absolute Gasteiger partial charge is 0.368 e. The van der Waals surface area contributed by atoms with E-state index in [1.54, 1.807) is 40.2 Å². The molecule has 29 heavy (non-hydrogen) atoms. The van der Waals surface area contributed by atoms with E-state index >= 15 is 0 Å². The molecule has 0 saturated carbocycles. The van der Waals surface area contributed by atoms with E-state index in [-0.39, 0.29) is 23.7 Å². The van der Waals surface area contributed by atoms with Crippen LogP contribution in [0.3, 0.4) is 0 Å². The Kier molecular flexibility index (Phi) is 6.06. The quantitative estimate of drug-likeness (QED) is 0.721. The van der Waals surface area contributed by atoms with Crippen LogP contribution in [0.25, 0.3) is 16.5 Å². The lowest BCUT2D eigenvalue weighted by Crippen LogP contribution is -2.52. The molecule has 3 heterocycles. The first-order chi connectivity index (χ1) is 14.1. The first-order valence-corrected chi connectivity index (χ1v) is 10.7. The molecule has 1 atom stereocenters. The van der Waals surface area contributed by atoms with Crippen molar-refractivity contribution in [2.24, 2.45) is 0 Å². The molecule has 0 N–H and O–H groups in total. The minimum Gasteiger partial charge on any atom is -0.368 e. The standard InChI is InChI=1S/C22H23FN2O3S/c23-18-5-2-1-4-17(18)20-9-7-16(29-20)8-10-21(26)24-11-13-25(14-12-24)22(27)19-6-3-15-28-19/h1-2,4-5,7-10,19H,3,6,11-15H2. The molecular weight excluding hydrogens is 391 g/mol. The van der Waals surface area contributed by atoms with E-state index in [0.29, 0.717) is 38.3 Å². The molecule has 1 aromatic heterocycles. The highest BCUT2D eigenvalue weighted by Crippen LogP contribution is 2.30. The lowest BCUT2D eigenvalue weighted by Gasteiger charge is -2.35. The summed E-state index contributed by atoms with van der Waals surface area (Å²) in [7, 11) is 0. The summed E-state index contributed by atoms with van der Waals surface area (Å²) in [6, 6.07) is 10.4. The number of carbonyl (C=O) groups is 2. The van der Waals surface area contributed by atoms with Gasteiger partial charge in [-0.1, -0.05) is 18.2 Å². The third-order valence-corrected chi connectivity index (χ3v) is 6.35. The van der Waals surface area contributed by atoms with Crippen LogP contribution in [0, 0.1) is 5.82 Å². The molecule has 0 bridgehead atoms. The summed E-state index contributed by atoms with van der Waals surface area (Å²) in [5.41, 5.74) is 0.565. The Labute approximate surface area is 173 Å². The summed E-state index contributed by atoms with van der Waals surface area (Å²) in [6.07, 6.45) is 4.73. The minimum atomic E-state index is -0.306. The Morgan fingerprint density at radius 3 is 2.55 bits per heavy atom. The predicted molar refractivity (Wildman–Crippen MR) is 111 cm³/mol. The third kappa shape index (κ3) is 4.57. The molecule has 0 spiro atoms. The van der Waals surface area contributed by atoms with Crippen molar-refractivity contribution in [3.63, 3.8) is 0 Å². The van der Waals surface area contributed by atoms with Crippen LogP contribution in [0.2, 0.25) is 0 Å². The Hall–Kier alpha value is -2.51. The van der Waals surface area contributed by atoms with E-state index in [1.807, 2.05) is 12.1 Å². The van der Waals surface area contributed by atoms with Crippen LogP contribution in [0.15, 0.2) is 42.5 Å². The van der Waals surface area contributed by atoms with Gasteiger partial charge in [-0.25, -0.2) is 4.39 Å². The predicted octanol–water partition coefficient (Wildman–Crippen LogP) is 3.42. The molecule has 7 heteroatoms. The summed E-state index contributed by atoms with van der Waals surface area (Å²) >= 11 is 1.44. The zero-order chi connectivity index (χ0) is 20.2. The average Bonchev–Trinajstić information content (AvgIpc) is 3.44. The summed E-state index contributed by atoms with van der Waals surface area (Å²) < 4.78 is 19.4. The van der Waals surface area contributed by atoms with Gasteiger partial charge in [0.05, 0.1) is 0 Å². The SMILES string of the molecule is O=C(C=Cc1ccc(-c2ccccc2F)s1)N1CCN(C(=O)C2CCCO2)CC1. The molecule has 4 rings (SSSR count). The zero-order valence-electron chi connectivity index (χ0n) is 16.1. The second kappa shape index (κ2) is 8.88. The van der Waals surface area contributed by atoms with Crippen molar-refractivity contribution in [1.82, 2.24) is 9.80 Å². The van der Waals surface area contributed by atoms with E-state index < -0.39 is 0 Å². The molecule has 0 radical (unpaired) electrons. The highest BCUT2D eigenvalue weighted by atomic mass is 32.1. The molecule has 0 aliphatic carbocycles. The highest BCUT2D eigenvalue weighted by Gasteiger charge is 2.30. The molecule has 2 aliphatic rings. The molecule has 2 aromatic rings. The van der Waals surface area contributed by atoms with E-state index in [9.17, 15) is 14.0 Å². The second-order valence-electron chi connectivity index (χ2n) is 7.17. The number of hydrogen-bond donors (Lipinski definition) is 0. The Bertz CT molecular complexity index is 912. The van der Waals surface area contributed by atoms with Crippen molar-refractivity contribution in [3.8, 4) is 10.4 Å². The van der Waals surface area contributed by atoms with Gasteiger partial charge in [-0.15, -0.1) is 11.3 Å². The van der Waals surface area contributed by atoms with Gasteiger partial charge in [-0.2, -0.15) is 0 Å². The first-order valence-electron chi connectivity index (χ1n) is 9.84. The van der Waals surface area contributed by atoms with Crippen molar-refractivity contribution >= 4 is 29.2 Å². The smallest absolute Gasteiger partial charge is 0.251 e. The van der Waals surface area contributed by atoms with Gasteiger partial charge in [0.25, 0.3) is 5.91 Å². The van der Waals surface area contributed by atoms with E-state index in [0.717, 1.165) is 22.6 Å². The zero-order valence-corrected chi connectivity index (χ0v) is 16.9. The van der Waals surface area contributed by atoms with Crippen molar-refractivity contribution in [2.45, 2.75) is 18.9 Å². The molecule has 2 saturated heterocycles. The topological polar surface area (TPSA) is 49.9 Å². The monoisotopic (exact) mass is 414 g/mol. The molecule has 5 nitrogen and oxygen atoms in total. The van der Waals surface area contributed by atoms with Gasteiger partial charge in [-0.3, -0.25) is 9.59 Å². The van der Waals surface area contributed by atoms with Crippen LogP contribution in [-0.4, -0.2) is 60.5 Å². The summed E-state index contributed by atoms with van der Waals surface area (Å²) in [5.74, 6) is -0.282. The van der Waals surface area contributed by atoms with Crippen LogP contribution < -0.4 is 0 Å². The normalized spacial score (nSPS) is 19.8. The molecule has 1 unspecified atom stereocenters. The number of halogens is 1. The number of nitrogens with zero attached hydrogens (tertiary/aromatic N) is 2. The number of thiophene rings is 1. The maximum absolute atomic E-state index is 13.9. The van der Waals surface area contributed by atoms with Gasteiger partial charge in [0.2, 0.25) is 5.91 Å². The lowest BCUT2D eigenvalue weighted by atomic mass is 10.2. The Morgan fingerprint density at radius 1 is 1.07 bits per heavy atom. The Morgan fingerprint density at radius 2 is 1.83 bits per heavy atom. The van der Waals surface area contributed by atoms with Crippen molar-refractivity contribution in [3.05, 3.63) is 53.2 Å². The van der Waals surface area contributed by atoms with Crippen molar-refractivity contribution in [2.75, 3.05) is 32.8 Å². The van der Waals surface area contributed by atoms with Crippen molar-refractivity contribution in [1.29, 1.82) is 0 Å².